The average Bonchev–Trinajstić information content (AvgIpc) is 3.12. The molecule has 5 heteroatoms. The Hall–Kier alpha value is -1.26. The van der Waals surface area contributed by atoms with Gasteiger partial charge in [0.25, 0.3) is 0 Å². The predicted octanol–water partition coefficient (Wildman–Crippen LogP) is 3.44. The molecule has 0 amide bonds. The van der Waals surface area contributed by atoms with E-state index >= 15 is 0 Å². The summed E-state index contributed by atoms with van der Waals surface area (Å²) in [5, 5.41) is 0. The van der Waals surface area contributed by atoms with Gasteiger partial charge in [0.2, 0.25) is 0 Å². The number of imidazole rings is 1. The Kier molecular flexibility index (Phi) is 4.36. The third-order valence-corrected chi connectivity index (χ3v) is 4.49. The van der Waals surface area contributed by atoms with Gasteiger partial charge in [-0.1, -0.05) is 0 Å². The Labute approximate surface area is 130 Å². The van der Waals surface area contributed by atoms with Crippen molar-refractivity contribution < 1.29 is 4.74 Å². The Balaban J connectivity index is 1.94. The Morgan fingerprint density at radius 3 is 2.76 bits per heavy atom. The van der Waals surface area contributed by atoms with E-state index in [1.165, 1.54) is 25.9 Å². The molecule has 21 heavy (non-hydrogen) atoms. The van der Waals surface area contributed by atoms with Crippen LogP contribution < -0.4 is 4.74 Å². The fourth-order valence-corrected chi connectivity index (χ4v) is 3.45. The number of ether oxygens (including phenoxy) is 1. The Morgan fingerprint density at radius 1 is 1.33 bits per heavy atom. The molecule has 0 aliphatic carbocycles. The van der Waals surface area contributed by atoms with Crippen molar-refractivity contribution >= 4 is 22.6 Å². The lowest BCUT2D eigenvalue weighted by atomic mass is 10.2. The van der Waals surface area contributed by atoms with E-state index in [1.807, 2.05) is 12.1 Å². The van der Waals surface area contributed by atoms with Crippen molar-refractivity contribution in [3.8, 4) is 5.75 Å². The van der Waals surface area contributed by atoms with Gasteiger partial charge in [0.05, 0.1) is 24.0 Å². The first-order valence-corrected chi connectivity index (χ1v) is 8.09. The highest BCUT2D eigenvalue weighted by atomic mass is 35.5. The summed E-state index contributed by atoms with van der Waals surface area (Å²) in [6.45, 7) is 5.73. The lowest BCUT2D eigenvalue weighted by Crippen LogP contribution is -2.27. The van der Waals surface area contributed by atoms with Crippen LogP contribution in [0.15, 0.2) is 18.2 Å². The normalized spacial score (nSPS) is 17.5. The molecule has 1 unspecified atom stereocenters. The minimum Gasteiger partial charge on any atom is -0.497 e. The second kappa shape index (κ2) is 6.24. The second-order valence-electron chi connectivity index (χ2n) is 5.74. The summed E-state index contributed by atoms with van der Waals surface area (Å²) >= 11 is 6.11. The number of hydrogen-bond acceptors (Lipinski definition) is 3. The standard InChI is InChI=1S/C16H22ClN3O/c1-12(11-19-7-3-4-8-19)20-15-6-5-13(21-2)9-14(15)18-16(20)10-17/h5-6,9,12H,3-4,7-8,10-11H2,1-2H3. The summed E-state index contributed by atoms with van der Waals surface area (Å²) in [6.07, 6.45) is 2.63. The number of nitrogens with zero attached hydrogens (tertiary/aromatic N) is 3. The third-order valence-electron chi connectivity index (χ3n) is 4.25. The maximum Gasteiger partial charge on any atom is 0.125 e. The van der Waals surface area contributed by atoms with Crippen LogP contribution in [0.5, 0.6) is 5.75 Å². The molecule has 1 aliphatic heterocycles. The number of alkyl halides is 1. The lowest BCUT2D eigenvalue weighted by molar-refractivity contribution is 0.288. The van der Waals surface area contributed by atoms with E-state index in [0.29, 0.717) is 11.9 Å². The number of methoxy groups -OCH3 is 1. The summed E-state index contributed by atoms with van der Waals surface area (Å²) in [6, 6.07) is 6.42. The molecule has 1 aromatic heterocycles. The maximum atomic E-state index is 6.11. The number of aromatic nitrogens is 2. The maximum absolute atomic E-state index is 6.11. The molecule has 4 nitrogen and oxygen atoms in total. The third kappa shape index (κ3) is 2.87. The molecule has 0 spiro atoms. The van der Waals surface area contributed by atoms with E-state index in [2.05, 4.69) is 27.4 Å². The van der Waals surface area contributed by atoms with Gasteiger partial charge in [0.15, 0.2) is 0 Å². The van der Waals surface area contributed by atoms with Gasteiger partial charge in [-0.2, -0.15) is 0 Å². The van der Waals surface area contributed by atoms with Gasteiger partial charge in [0, 0.05) is 18.7 Å². The molecule has 2 aromatic rings. The molecule has 3 rings (SSSR count). The van der Waals surface area contributed by atoms with Gasteiger partial charge in [0.1, 0.15) is 11.6 Å². The fourth-order valence-electron chi connectivity index (χ4n) is 3.26. The first-order chi connectivity index (χ1) is 10.2. The quantitative estimate of drug-likeness (QED) is 0.793. The molecule has 1 saturated heterocycles. The smallest absolute Gasteiger partial charge is 0.125 e. The minimum absolute atomic E-state index is 0.371. The molecule has 1 aliphatic rings. The van der Waals surface area contributed by atoms with Gasteiger partial charge in [-0.05, 0) is 45.0 Å². The van der Waals surface area contributed by atoms with Crippen molar-refractivity contribution in [2.75, 3.05) is 26.7 Å². The second-order valence-corrected chi connectivity index (χ2v) is 6.01. The van der Waals surface area contributed by atoms with Crippen LogP contribution in [0, 0.1) is 0 Å². The highest BCUT2D eigenvalue weighted by molar-refractivity contribution is 6.16. The van der Waals surface area contributed by atoms with Crippen molar-refractivity contribution in [2.24, 2.45) is 0 Å². The molecular formula is C16H22ClN3O. The summed E-state index contributed by atoms with van der Waals surface area (Å²) in [5.41, 5.74) is 2.09. The van der Waals surface area contributed by atoms with Crippen molar-refractivity contribution in [3.05, 3.63) is 24.0 Å². The van der Waals surface area contributed by atoms with Gasteiger partial charge in [-0.15, -0.1) is 11.6 Å². The number of halogens is 1. The van der Waals surface area contributed by atoms with E-state index in [9.17, 15) is 0 Å². The van der Waals surface area contributed by atoms with E-state index in [-0.39, 0.29) is 0 Å². The van der Waals surface area contributed by atoms with E-state index in [1.54, 1.807) is 7.11 Å². The van der Waals surface area contributed by atoms with Crippen LogP contribution in [0.2, 0.25) is 0 Å². The number of hydrogen-bond donors (Lipinski definition) is 0. The van der Waals surface area contributed by atoms with Gasteiger partial charge < -0.3 is 14.2 Å². The zero-order chi connectivity index (χ0) is 14.8. The van der Waals surface area contributed by atoms with Crippen molar-refractivity contribution in [1.29, 1.82) is 0 Å². The molecule has 0 radical (unpaired) electrons. The molecule has 1 atom stereocenters. The fraction of sp³-hybridized carbons (Fsp3) is 0.562. The van der Waals surface area contributed by atoms with Crippen molar-refractivity contribution in [1.82, 2.24) is 14.5 Å². The molecule has 0 N–H and O–H groups in total. The van der Waals surface area contributed by atoms with Crippen LogP contribution in [0.4, 0.5) is 0 Å². The lowest BCUT2D eigenvalue weighted by Gasteiger charge is -2.23. The number of fused-ring (bicyclic) bond motifs is 1. The van der Waals surface area contributed by atoms with Crippen LogP contribution in [-0.4, -0.2) is 41.2 Å². The molecule has 2 heterocycles. The van der Waals surface area contributed by atoms with Crippen LogP contribution in [0.3, 0.4) is 0 Å². The topological polar surface area (TPSA) is 30.3 Å². The van der Waals surface area contributed by atoms with Crippen LogP contribution in [0.1, 0.15) is 31.6 Å². The van der Waals surface area contributed by atoms with E-state index in [4.69, 9.17) is 16.3 Å². The van der Waals surface area contributed by atoms with Gasteiger partial charge >= 0.3 is 0 Å². The zero-order valence-corrected chi connectivity index (χ0v) is 13.4. The zero-order valence-electron chi connectivity index (χ0n) is 12.7. The van der Waals surface area contributed by atoms with Crippen LogP contribution >= 0.6 is 11.6 Å². The van der Waals surface area contributed by atoms with Crippen molar-refractivity contribution in [2.45, 2.75) is 31.7 Å². The SMILES string of the molecule is COc1ccc2c(c1)nc(CCl)n2C(C)CN1CCCC1. The van der Waals surface area contributed by atoms with Crippen LogP contribution in [-0.2, 0) is 5.88 Å². The highest BCUT2D eigenvalue weighted by Gasteiger charge is 2.20. The van der Waals surface area contributed by atoms with Crippen molar-refractivity contribution in [3.63, 3.8) is 0 Å². The predicted molar refractivity (Wildman–Crippen MR) is 86.2 cm³/mol. The molecular weight excluding hydrogens is 286 g/mol. The molecule has 114 valence electrons. The minimum atomic E-state index is 0.371. The van der Waals surface area contributed by atoms with E-state index < -0.39 is 0 Å². The average molecular weight is 308 g/mol. The van der Waals surface area contributed by atoms with Gasteiger partial charge in [-0.3, -0.25) is 0 Å². The Bertz CT molecular complexity index is 619. The number of rotatable bonds is 5. The summed E-state index contributed by atoms with van der Waals surface area (Å²) in [4.78, 5) is 7.19. The molecule has 1 aromatic carbocycles. The monoisotopic (exact) mass is 307 g/mol. The molecule has 0 bridgehead atoms. The first kappa shape index (κ1) is 14.7. The Morgan fingerprint density at radius 2 is 2.10 bits per heavy atom. The first-order valence-electron chi connectivity index (χ1n) is 7.56. The van der Waals surface area contributed by atoms with Gasteiger partial charge in [-0.25, -0.2) is 4.98 Å². The summed E-state index contributed by atoms with van der Waals surface area (Å²) in [7, 11) is 1.68. The van der Waals surface area contributed by atoms with E-state index in [0.717, 1.165) is 29.2 Å². The van der Waals surface area contributed by atoms with Crippen LogP contribution in [0.25, 0.3) is 11.0 Å². The number of benzene rings is 1. The number of likely N-dealkylation sites (tertiary alicyclic amines) is 1. The summed E-state index contributed by atoms with van der Waals surface area (Å²) < 4.78 is 7.56. The summed E-state index contributed by atoms with van der Waals surface area (Å²) in [5.74, 6) is 2.20. The highest BCUT2D eigenvalue weighted by Crippen LogP contribution is 2.26. The molecule has 1 fully saturated rings. The largest absolute Gasteiger partial charge is 0.497 e. The molecule has 0 saturated carbocycles.